The number of rotatable bonds is 5. The van der Waals surface area contributed by atoms with Crippen molar-refractivity contribution in [3.05, 3.63) is 65.0 Å². The number of phenolic OH excluding ortho intramolecular Hbond substituents is 1. The van der Waals surface area contributed by atoms with Crippen LogP contribution in [0.4, 0.5) is 4.39 Å². The van der Waals surface area contributed by atoms with E-state index >= 15 is 0 Å². The fourth-order valence-electron chi connectivity index (χ4n) is 1.92. The second-order valence-corrected chi connectivity index (χ2v) is 4.64. The molecule has 4 nitrogen and oxygen atoms in total. The first-order valence-electron chi connectivity index (χ1n) is 6.55. The third kappa shape index (κ3) is 4.03. The minimum absolute atomic E-state index is 0.00410. The van der Waals surface area contributed by atoms with E-state index in [4.69, 9.17) is 5.11 Å². The molecule has 0 saturated carbocycles. The van der Waals surface area contributed by atoms with Gasteiger partial charge in [-0.2, -0.15) is 0 Å². The van der Waals surface area contributed by atoms with Crippen molar-refractivity contribution in [1.82, 2.24) is 5.32 Å². The van der Waals surface area contributed by atoms with Crippen molar-refractivity contribution in [2.75, 3.05) is 6.54 Å². The van der Waals surface area contributed by atoms with Crippen LogP contribution in [0, 0.1) is 5.82 Å². The third-order valence-corrected chi connectivity index (χ3v) is 3.11. The van der Waals surface area contributed by atoms with Gasteiger partial charge in [0.15, 0.2) is 0 Å². The summed E-state index contributed by atoms with van der Waals surface area (Å²) >= 11 is 0. The Labute approximate surface area is 121 Å². The number of aromatic hydroxyl groups is 1. The number of carbonyl (C=O) groups is 1. The number of carbonyl (C=O) groups excluding carboxylic acids is 1. The van der Waals surface area contributed by atoms with Crippen LogP contribution < -0.4 is 5.32 Å². The molecule has 2 aromatic rings. The SMILES string of the molecule is O=C(NCCc1ccc(CO)cc1)c1cc(F)ccc1O. The lowest BCUT2D eigenvalue weighted by atomic mass is 10.1. The number of halogens is 1. The molecule has 0 aliphatic rings. The van der Waals surface area contributed by atoms with Crippen LogP contribution in [0.15, 0.2) is 42.5 Å². The van der Waals surface area contributed by atoms with E-state index < -0.39 is 11.7 Å². The Morgan fingerprint density at radius 2 is 1.76 bits per heavy atom. The normalized spacial score (nSPS) is 10.4. The number of nitrogens with one attached hydrogen (secondary N) is 1. The Bertz CT molecular complexity index is 626. The molecular weight excluding hydrogens is 273 g/mol. The Hall–Kier alpha value is -2.40. The van der Waals surface area contributed by atoms with E-state index in [1.54, 1.807) is 0 Å². The van der Waals surface area contributed by atoms with Gasteiger partial charge in [0.05, 0.1) is 12.2 Å². The van der Waals surface area contributed by atoms with Crippen LogP contribution in [0.25, 0.3) is 0 Å². The van der Waals surface area contributed by atoms with Gasteiger partial charge in [0, 0.05) is 6.54 Å². The van der Waals surface area contributed by atoms with E-state index in [0.717, 1.165) is 29.3 Å². The largest absolute Gasteiger partial charge is 0.507 e. The molecule has 2 aromatic carbocycles. The molecule has 21 heavy (non-hydrogen) atoms. The highest BCUT2D eigenvalue weighted by molar-refractivity contribution is 5.96. The predicted octanol–water partition coefficient (Wildman–Crippen LogP) is 2.00. The molecule has 3 N–H and O–H groups in total. The van der Waals surface area contributed by atoms with E-state index in [2.05, 4.69) is 5.32 Å². The van der Waals surface area contributed by atoms with Gasteiger partial charge < -0.3 is 15.5 Å². The molecule has 2 rings (SSSR count). The molecule has 0 radical (unpaired) electrons. The first kappa shape index (κ1) is 15.0. The summed E-state index contributed by atoms with van der Waals surface area (Å²) in [7, 11) is 0. The van der Waals surface area contributed by atoms with Crippen LogP contribution in [0.2, 0.25) is 0 Å². The molecular formula is C16H16FNO3. The van der Waals surface area contributed by atoms with Crippen molar-refractivity contribution in [1.29, 1.82) is 0 Å². The number of benzene rings is 2. The Morgan fingerprint density at radius 3 is 2.43 bits per heavy atom. The van der Waals surface area contributed by atoms with Crippen molar-refractivity contribution in [2.45, 2.75) is 13.0 Å². The van der Waals surface area contributed by atoms with Crippen LogP contribution in [0.5, 0.6) is 5.75 Å². The highest BCUT2D eigenvalue weighted by atomic mass is 19.1. The second-order valence-electron chi connectivity index (χ2n) is 4.64. The van der Waals surface area contributed by atoms with Crippen molar-refractivity contribution < 1.29 is 19.4 Å². The number of aliphatic hydroxyl groups is 1. The standard InChI is InChI=1S/C16H16FNO3/c17-13-5-6-15(20)14(9-13)16(21)18-8-7-11-1-3-12(10-19)4-2-11/h1-6,9,19-20H,7-8,10H2,(H,18,21). The summed E-state index contributed by atoms with van der Waals surface area (Å²) in [6.45, 7) is 0.364. The molecule has 0 bridgehead atoms. The molecule has 0 saturated heterocycles. The van der Waals surface area contributed by atoms with Gasteiger partial charge >= 0.3 is 0 Å². The quantitative estimate of drug-likeness (QED) is 0.788. The zero-order valence-corrected chi connectivity index (χ0v) is 11.3. The van der Waals surface area contributed by atoms with E-state index in [-0.39, 0.29) is 17.9 Å². The number of phenols is 1. The van der Waals surface area contributed by atoms with E-state index in [1.165, 1.54) is 0 Å². The maximum atomic E-state index is 13.1. The fourth-order valence-corrected chi connectivity index (χ4v) is 1.92. The van der Waals surface area contributed by atoms with Gasteiger partial charge in [0.1, 0.15) is 11.6 Å². The Morgan fingerprint density at radius 1 is 1.10 bits per heavy atom. The number of hydrogen-bond donors (Lipinski definition) is 3. The van der Waals surface area contributed by atoms with Crippen LogP contribution in [0.3, 0.4) is 0 Å². The number of amides is 1. The molecule has 0 unspecified atom stereocenters. The van der Waals surface area contributed by atoms with Crippen LogP contribution >= 0.6 is 0 Å². The molecule has 0 aliphatic heterocycles. The molecule has 0 heterocycles. The van der Waals surface area contributed by atoms with Gasteiger partial charge in [-0.15, -0.1) is 0 Å². The molecule has 5 heteroatoms. The number of hydrogen-bond acceptors (Lipinski definition) is 3. The summed E-state index contributed by atoms with van der Waals surface area (Å²) in [6, 6.07) is 10.6. The van der Waals surface area contributed by atoms with E-state index in [0.29, 0.717) is 13.0 Å². The minimum atomic E-state index is -0.572. The highest BCUT2D eigenvalue weighted by Gasteiger charge is 2.11. The van der Waals surface area contributed by atoms with Gasteiger partial charge in [-0.25, -0.2) is 4.39 Å². The average Bonchev–Trinajstić information content (AvgIpc) is 2.50. The lowest BCUT2D eigenvalue weighted by Gasteiger charge is -2.07. The van der Waals surface area contributed by atoms with E-state index in [1.807, 2.05) is 24.3 Å². The zero-order chi connectivity index (χ0) is 15.2. The maximum Gasteiger partial charge on any atom is 0.255 e. The monoisotopic (exact) mass is 289 g/mol. The van der Waals surface area contributed by atoms with Crippen molar-refractivity contribution in [2.24, 2.45) is 0 Å². The first-order valence-corrected chi connectivity index (χ1v) is 6.55. The second kappa shape index (κ2) is 6.85. The Kier molecular flexibility index (Phi) is 4.90. The lowest BCUT2D eigenvalue weighted by molar-refractivity contribution is 0.0951. The summed E-state index contributed by atoms with van der Waals surface area (Å²) in [5.74, 6) is -1.34. The molecule has 0 aliphatic carbocycles. The molecule has 110 valence electrons. The number of aliphatic hydroxyl groups excluding tert-OH is 1. The zero-order valence-electron chi connectivity index (χ0n) is 11.3. The molecule has 1 amide bonds. The smallest absolute Gasteiger partial charge is 0.255 e. The van der Waals surface area contributed by atoms with Gasteiger partial charge in [-0.05, 0) is 35.7 Å². The van der Waals surface area contributed by atoms with Crippen LogP contribution in [0.1, 0.15) is 21.5 Å². The van der Waals surface area contributed by atoms with Gasteiger partial charge in [0.25, 0.3) is 5.91 Å². The average molecular weight is 289 g/mol. The molecule has 0 spiro atoms. The van der Waals surface area contributed by atoms with Crippen molar-refractivity contribution >= 4 is 5.91 Å². The van der Waals surface area contributed by atoms with Gasteiger partial charge in [-0.1, -0.05) is 24.3 Å². The van der Waals surface area contributed by atoms with Crippen molar-refractivity contribution in [3.8, 4) is 5.75 Å². The van der Waals surface area contributed by atoms with Gasteiger partial charge in [0.2, 0.25) is 0 Å². The first-order chi connectivity index (χ1) is 10.1. The summed E-state index contributed by atoms with van der Waals surface area (Å²) < 4.78 is 13.1. The topological polar surface area (TPSA) is 69.6 Å². The predicted molar refractivity (Wildman–Crippen MR) is 76.5 cm³/mol. The summed E-state index contributed by atoms with van der Waals surface area (Å²) in [5.41, 5.74) is 1.76. The summed E-state index contributed by atoms with van der Waals surface area (Å²) in [5, 5.41) is 21.1. The summed E-state index contributed by atoms with van der Waals surface area (Å²) in [4.78, 5) is 11.8. The highest BCUT2D eigenvalue weighted by Crippen LogP contribution is 2.17. The van der Waals surface area contributed by atoms with Crippen molar-refractivity contribution in [3.63, 3.8) is 0 Å². The molecule has 0 aromatic heterocycles. The lowest BCUT2D eigenvalue weighted by Crippen LogP contribution is -2.25. The Balaban J connectivity index is 1.90. The minimum Gasteiger partial charge on any atom is -0.507 e. The van der Waals surface area contributed by atoms with Crippen LogP contribution in [-0.2, 0) is 13.0 Å². The fraction of sp³-hybridized carbons (Fsp3) is 0.188. The van der Waals surface area contributed by atoms with Crippen LogP contribution in [-0.4, -0.2) is 22.7 Å². The maximum absolute atomic E-state index is 13.1. The third-order valence-electron chi connectivity index (χ3n) is 3.11. The molecule has 0 atom stereocenters. The van der Waals surface area contributed by atoms with E-state index in [9.17, 15) is 14.3 Å². The van der Waals surface area contributed by atoms with Gasteiger partial charge in [-0.3, -0.25) is 4.79 Å². The molecule has 0 fully saturated rings. The summed E-state index contributed by atoms with van der Waals surface area (Å²) in [6.07, 6.45) is 0.605.